The van der Waals surface area contributed by atoms with E-state index >= 15 is 0 Å². The number of aryl methyl sites for hydroxylation is 1. The van der Waals surface area contributed by atoms with Crippen LogP contribution in [0.1, 0.15) is 25.7 Å². The number of imidazole rings is 1. The van der Waals surface area contributed by atoms with E-state index in [9.17, 15) is 0 Å². The van der Waals surface area contributed by atoms with Crippen LogP contribution in [-0.2, 0) is 6.54 Å². The second-order valence-corrected chi connectivity index (χ2v) is 5.28. The van der Waals surface area contributed by atoms with Gasteiger partial charge in [-0.25, -0.2) is 0 Å². The Morgan fingerprint density at radius 1 is 1.50 bits per heavy atom. The summed E-state index contributed by atoms with van der Waals surface area (Å²) in [5, 5.41) is 0. The number of aromatic nitrogens is 3. The number of H-pyrrole nitrogens is 1. The van der Waals surface area contributed by atoms with Crippen molar-refractivity contribution in [2.45, 2.75) is 32.2 Å². The summed E-state index contributed by atoms with van der Waals surface area (Å²) in [6.07, 6.45) is 5.29. The zero-order valence-corrected chi connectivity index (χ0v) is 11.3. The lowest BCUT2D eigenvalue weighted by Crippen LogP contribution is -2.00. The van der Waals surface area contributed by atoms with Crippen LogP contribution in [0.3, 0.4) is 0 Å². The van der Waals surface area contributed by atoms with Gasteiger partial charge in [0.1, 0.15) is 0 Å². The molecular formula is C13H17N3OS. The number of fused-ring (bicyclic) bond motifs is 1. The van der Waals surface area contributed by atoms with Crippen molar-refractivity contribution in [1.29, 1.82) is 0 Å². The molecule has 0 atom stereocenters. The Kier molecular flexibility index (Phi) is 3.07. The molecule has 0 aromatic carbocycles. The van der Waals surface area contributed by atoms with Crippen LogP contribution in [0.2, 0.25) is 0 Å². The Morgan fingerprint density at radius 2 is 2.33 bits per heavy atom. The van der Waals surface area contributed by atoms with Gasteiger partial charge in [-0.3, -0.25) is 0 Å². The number of nitrogens with one attached hydrogen (secondary N) is 1. The van der Waals surface area contributed by atoms with Crippen LogP contribution in [0.25, 0.3) is 11.2 Å². The third-order valence-electron chi connectivity index (χ3n) is 3.49. The molecule has 0 aliphatic heterocycles. The number of aromatic amines is 1. The summed E-state index contributed by atoms with van der Waals surface area (Å²) in [6, 6.07) is 3.82. The quantitative estimate of drug-likeness (QED) is 0.842. The van der Waals surface area contributed by atoms with Crippen LogP contribution in [0, 0.1) is 10.7 Å². The summed E-state index contributed by atoms with van der Waals surface area (Å²) in [6.45, 7) is 0.940. The van der Waals surface area contributed by atoms with Crippen molar-refractivity contribution in [2.75, 3.05) is 7.11 Å². The second-order valence-electron chi connectivity index (χ2n) is 4.89. The molecule has 96 valence electrons. The van der Waals surface area contributed by atoms with E-state index in [0.717, 1.165) is 28.4 Å². The van der Waals surface area contributed by atoms with E-state index in [-0.39, 0.29) is 0 Å². The highest BCUT2D eigenvalue weighted by atomic mass is 32.1. The molecule has 1 aliphatic carbocycles. The average molecular weight is 263 g/mol. The molecular weight excluding hydrogens is 246 g/mol. The third-order valence-corrected chi connectivity index (χ3v) is 3.81. The number of nitrogens with zero attached hydrogens (tertiary/aromatic N) is 2. The van der Waals surface area contributed by atoms with Crippen molar-refractivity contribution >= 4 is 23.4 Å². The predicted molar refractivity (Wildman–Crippen MR) is 73.4 cm³/mol. The minimum atomic E-state index is 0.632. The monoisotopic (exact) mass is 263 g/mol. The Bertz CT molecular complexity index is 612. The second kappa shape index (κ2) is 4.72. The summed E-state index contributed by atoms with van der Waals surface area (Å²) >= 11 is 5.35. The van der Waals surface area contributed by atoms with Gasteiger partial charge in [0.15, 0.2) is 10.4 Å². The number of pyridine rings is 1. The van der Waals surface area contributed by atoms with Crippen LogP contribution in [-0.4, -0.2) is 21.6 Å². The van der Waals surface area contributed by atoms with Gasteiger partial charge in [0, 0.05) is 12.6 Å². The first-order valence-corrected chi connectivity index (χ1v) is 6.82. The van der Waals surface area contributed by atoms with E-state index in [1.54, 1.807) is 7.11 Å². The predicted octanol–water partition coefficient (Wildman–Crippen LogP) is 3.29. The molecule has 0 spiro atoms. The molecule has 1 saturated carbocycles. The van der Waals surface area contributed by atoms with Crippen molar-refractivity contribution in [2.24, 2.45) is 5.92 Å². The summed E-state index contributed by atoms with van der Waals surface area (Å²) in [4.78, 5) is 7.66. The number of hydrogen-bond donors (Lipinski definition) is 1. The van der Waals surface area contributed by atoms with E-state index in [4.69, 9.17) is 17.0 Å². The first-order chi connectivity index (χ1) is 8.78. The molecule has 1 aliphatic rings. The van der Waals surface area contributed by atoms with Gasteiger partial charge in [-0.1, -0.05) is 12.8 Å². The number of methoxy groups -OCH3 is 1. The standard InChI is InChI=1S/C13H17N3OS/c1-17-11-7-6-10-12(15-11)16(13(18)14-10)8-2-3-9-4-5-9/h6-7,9H,2-5,8H2,1H3,(H,14,18). The SMILES string of the molecule is COc1ccc2[nH]c(=S)n(CCCC3CC3)c2n1. The largest absolute Gasteiger partial charge is 0.481 e. The molecule has 1 N–H and O–H groups in total. The zero-order chi connectivity index (χ0) is 12.5. The lowest BCUT2D eigenvalue weighted by atomic mass is 10.2. The number of ether oxygens (including phenoxy) is 1. The molecule has 0 amide bonds. The first kappa shape index (κ1) is 11.7. The van der Waals surface area contributed by atoms with Crippen molar-refractivity contribution in [3.8, 4) is 5.88 Å². The van der Waals surface area contributed by atoms with Crippen LogP contribution in [0.5, 0.6) is 5.88 Å². The molecule has 4 nitrogen and oxygen atoms in total. The normalized spacial score (nSPS) is 15.2. The molecule has 0 unspecified atom stereocenters. The molecule has 3 rings (SSSR count). The Labute approximate surface area is 111 Å². The maximum Gasteiger partial charge on any atom is 0.215 e. The Hall–Kier alpha value is -1.36. The third kappa shape index (κ3) is 2.27. The average Bonchev–Trinajstić information content (AvgIpc) is 3.14. The summed E-state index contributed by atoms with van der Waals surface area (Å²) in [5.41, 5.74) is 1.88. The van der Waals surface area contributed by atoms with Crippen molar-refractivity contribution in [3.05, 3.63) is 16.9 Å². The molecule has 1 fully saturated rings. The van der Waals surface area contributed by atoms with E-state index < -0.39 is 0 Å². The first-order valence-electron chi connectivity index (χ1n) is 6.41. The zero-order valence-electron chi connectivity index (χ0n) is 10.5. The Balaban J connectivity index is 1.87. The highest BCUT2D eigenvalue weighted by molar-refractivity contribution is 7.71. The van der Waals surface area contributed by atoms with Gasteiger partial charge >= 0.3 is 0 Å². The molecule has 5 heteroatoms. The molecule has 2 heterocycles. The molecule has 2 aromatic heterocycles. The molecule has 0 radical (unpaired) electrons. The maximum atomic E-state index is 5.35. The number of hydrogen-bond acceptors (Lipinski definition) is 3. The highest BCUT2D eigenvalue weighted by Crippen LogP contribution is 2.33. The van der Waals surface area contributed by atoms with Crippen molar-refractivity contribution < 1.29 is 4.74 Å². The molecule has 0 bridgehead atoms. The lowest BCUT2D eigenvalue weighted by molar-refractivity contribution is 0.398. The van der Waals surface area contributed by atoms with E-state index in [1.165, 1.54) is 25.7 Å². The van der Waals surface area contributed by atoms with Gasteiger partial charge in [0.05, 0.1) is 12.6 Å². The summed E-state index contributed by atoms with van der Waals surface area (Å²) in [5.74, 6) is 1.60. The molecule has 18 heavy (non-hydrogen) atoms. The van der Waals surface area contributed by atoms with Crippen LogP contribution >= 0.6 is 12.2 Å². The minimum absolute atomic E-state index is 0.632. The van der Waals surface area contributed by atoms with Crippen LogP contribution in [0.15, 0.2) is 12.1 Å². The van der Waals surface area contributed by atoms with Crippen molar-refractivity contribution in [1.82, 2.24) is 14.5 Å². The fourth-order valence-electron chi connectivity index (χ4n) is 2.28. The van der Waals surface area contributed by atoms with Crippen molar-refractivity contribution in [3.63, 3.8) is 0 Å². The van der Waals surface area contributed by atoms with Gasteiger partial charge in [-0.2, -0.15) is 4.98 Å². The summed E-state index contributed by atoms with van der Waals surface area (Å²) < 4.78 is 8.00. The van der Waals surface area contributed by atoms with Gasteiger partial charge in [-0.15, -0.1) is 0 Å². The lowest BCUT2D eigenvalue weighted by Gasteiger charge is -2.04. The van der Waals surface area contributed by atoms with Gasteiger partial charge in [0.25, 0.3) is 0 Å². The summed E-state index contributed by atoms with van der Waals surface area (Å²) in [7, 11) is 1.63. The fraction of sp³-hybridized carbons (Fsp3) is 0.538. The van der Waals surface area contributed by atoms with E-state index in [2.05, 4.69) is 14.5 Å². The topological polar surface area (TPSA) is 42.8 Å². The van der Waals surface area contributed by atoms with Gasteiger partial charge in [0.2, 0.25) is 5.88 Å². The fourth-order valence-corrected chi connectivity index (χ4v) is 2.57. The van der Waals surface area contributed by atoms with E-state index in [1.807, 2.05) is 12.1 Å². The smallest absolute Gasteiger partial charge is 0.215 e. The molecule has 2 aromatic rings. The maximum absolute atomic E-state index is 5.35. The van der Waals surface area contributed by atoms with E-state index in [0.29, 0.717) is 5.88 Å². The van der Waals surface area contributed by atoms with Gasteiger partial charge in [-0.05, 0) is 37.0 Å². The number of rotatable bonds is 5. The molecule has 0 saturated heterocycles. The Morgan fingerprint density at radius 3 is 3.06 bits per heavy atom. The van der Waals surface area contributed by atoms with Gasteiger partial charge < -0.3 is 14.3 Å². The highest BCUT2D eigenvalue weighted by Gasteiger charge is 2.20. The van der Waals surface area contributed by atoms with Crippen LogP contribution in [0.4, 0.5) is 0 Å². The minimum Gasteiger partial charge on any atom is -0.481 e. The van der Waals surface area contributed by atoms with Crippen LogP contribution < -0.4 is 4.74 Å².